The molecule has 0 N–H and O–H groups in total. The number of anilines is 1. The van der Waals surface area contributed by atoms with Gasteiger partial charge in [0.1, 0.15) is 22.8 Å². The molecule has 0 aliphatic carbocycles. The molecule has 10 heteroatoms. The lowest BCUT2D eigenvalue weighted by Crippen LogP contribution is -2.35. The summed E-state index contributed by atoms with van der Waals surface area (Å²) >= 11 is 1.31. The number of hydrogen-bond donors (Lipinski definition) is 0. The molecule has 2 aromatic carbocycles. The van der Waals surface area contributed by atoms with E-state index in [4.69, 9.17) is 9.47 Å². The molecule has 0 spiro atoms. The van der Waals surface area contributed by atoms with E-state index < -0.39 is 21.5 Å². The fourth-order valence-corrected chi connectivity index (χ4v) is 5.67. The fourth-order valence-electron chi connectivity index (χ4n) is 3.40. The number of methoxy groups -OCH3 is 2. The zero-order chi connectivity index (χ0) is 24.3. The first-order valence-corrected chi connectivity index (χ1v) is 12.8. The van der Waals surface area contributed by atoms with E-state index in [0.717, 1.165) is 10.3 Å². The lowest BCUT2D eigenvalue weighted by atomic mass is 10.2. The third-order valence-corrected chi connectivity index (χ3v) is 8.05. The second-order valence-electron chi connectivity index (χ2n) is 7.49. The van der Waals surface area contributed by atoms with Gasteiger partial charge in [-0.3, -0.25) is 14.7 Å². The number of carbonyl (C=O) groups is 1. The van der Waals surface area contributed by atoms with Crippen molar-refractivity contribution in [3.8, 4) is 11.5 Å². The van der Waals surface area contributed by atoms with E-state index >= 15 is 0 Å². The van der Waals surface area contributed by atoms with Crippen molar-refractivity contribution in [1.29, 1.82) is 0 Å². The number of aryl methyl sites for hydroxylation is 1. The number of amides is 1. The number of nitrogens with zero attached hydrogens (tertiary/aromatic N) is 3. The monoisotopic (exact) mass is 497 g/mol. The van der Waals surface area contributed by atoms with Crippen LogP contribution in [0.25, 0.3) is 10.2 Å². The summed E-state index contributed by atoms with van der Waals surface area (Å²) < 4.78 is 37.4. The Morgan fingerprint density at radius 1 is 1.03 bits per heavy atom. The number of ether oxygens (including phenoxy) is 2. The van der Waals surface area contributed by atoms with Crippen LogP contribution >= 0.6 is 11.3 Å². The van der Waals surface area contributed by atoms with Gasteiger partial charge in [-0.1, -0.05) is 23.5 Å². The first-order valence-electron chi connectivity index (χ1n) is 10.3. The molecule has 4 rings (SSSR count). The Kier molecular flexibility index (Phi) is 6.80. The minimum Gasteiger partial charge on any atom is -0.497 e. The van der Waals surface area contributed by atoms with Crippen LogP contribution in [-0.2, 0) is 21.2 Å². The van der Waals surface area contributed by atoms with Crippen LogP contribution in [0.15, 0.2) is 65.7 Å². The van der Waals surface area contributed by atoms with E-state index in [-0.39, 0.29) is 11.4 Å². The maximum Gasteiger partial charge on any atom is 0.244 e. The van der Waals surface area contributed by atoms with Crippen molar-refractivity contribution < 1.29 is 22.7 Å². The zero-order valence-electron chi connectivity index (χ0n) is 18.9. The third kappa shape index (κ3) is 4.87. The van der Waals surface area contributed by atoms with Gasteiger partial charge in [-0.2, -0.15) is 0 Å². The standard InChI is InChI=1S/C24H23N3O5S2/c1-16-7-12-20(32-3)22-23(16)33-24(26-22)27(14-17-6-4-5-13-25-17)21(28)15-34(29,30)19-10-8-18(31-2)9-11-19/h4-13H,14-15H2,1-3H3. The lowest BCUT2D eigenvalue weighted by molar-refractivity contribution is -0.116. The number of thiazole rings is 1. The summed E-state index contributed by atoms with van der Waals surface area (Å²) in [5.41, 5.74) is 2.22. The minimum atomic E-state index is -3.90. The van der Waals surface area contributed by atoms with Crippen molar-refractivity contribution in [2.45, 2.75) is 18.4 Å². The van der Waals surface area contributed by atoms with Crippen molar-refractivity contribution in [2.75, 3.05) is 24.9 Å². The Balaban J connectivity index is 1.72. The van der Waals surface area contributed by atoms with Crippen molar-refractivity contribution in [2.24, 2.45) is 0 Å². The largest absolute Gasteiger partial charge is 0.497 e. The number of sulfone groups is 1. The van der Waals surface area contributed by atoms with Gasteiger partial charge < -0.3 is 9.47 Å². The summed E-state index contributed by atoms with van der Waals surface area (Å²) in [5, 5.41) is 0.378. The molecule has 34 heavy (non-hydrogen) atoms. The van der Waals surface area contributed by atoms with Gasteiger partial charge in [-0.25, -0.2) is 13.4 Å². The van der Waals surface area contributed by atoms with Crippen LogP contribution in [0.4, 0.5) is 5.13 Å². The number of benzene rings is 2. The molecular weight excluding hydrogens is 474 g/mol. The predicted octanol–water partition coefficient (Wildman–Crippen LogP) is 4.02. The molecule has 2 aromatic heterocycles. The van der Waals surface area contributed by atoms with Gasteiger partial charge >= 0.3 is 0 Å². The molecule has 0 radical (unpaired) electrons. The van der Waals surface area contributed by atoms with E-state index in [1.165, 1.54) is 35.5 Å². The van der Waals surface area contributed by atoms with E-state index in [2.05, 4.69) is 9.97 Å². The molecule has 1 amide bonds. The Morgan fingerprint density at radius 2 is 1.79 bits per heavy atom. The van der Waals surface area contributed by atoms with Crippen LogP contribution in [0, 0.1) is 6.92 Å². The molecule has 0 saturated heterocycles. The van der Waals surface area contributed by atoms with Crippen molar-refractivity contribution >= 4 is 42.4 Å². The summed E-state index contributed by atoms with van der Waals surface area (Å²) in [4.78, 5) is 23.8. The van der Waals surface area contributed by atoms with Gasteiger partial charge in [0.05, 0.1) is 36.1 Å². The second-order valence-corrected chi connectivity index (χ2v) is 10.5. The minimum absolute atomic E-state index is 0.0428. The molecule has 176 valence electrons. The number of rotatable bonds is 8. The molecule has 0 aliphatic rings. The highest BCUT2D eigenvalue weighted by Gasteiger charge is 2.28. The van der Waals surface area contributed by atoms with Crippen molar-refractivity contribution in [1.82, 2.24) is 9.97 Å². The van der Waals surface area contributed by atoms with E-state index in [1.807, 2.05) is 25.1 Å². The topological polar surface area (TPSA) is 98.7 Å². The van der Waals surface area contributed by atoms with Crippen LogP contribution in [0.2, 0.25) is 0 Å². The quantitative estimate of drug-likeness (QED) is 0.362. The van der Waals surface area contributed by atoms with Crippen molar-refractivity contribution in [3.63, 3.8) is 0 Å². The zero-order valence-corrected chi connectivity index (χ0v) is 20.5. The molecule has 0 saturated carbocycles. The first-order chi connectivity index (χ1) is 16.3. The second kappa shape index (κ2) is 9.78. The molecule has 0 fully saturated rings. The molecular formula is C24H23N3O5S2. The van der Waals surface area contributed by atoms with Gasteiger partial charge in [0.25, 0.3) is 0 Å². The Hall–Kier alpha value is -3.50. The third-order valence-electron chi connectivity index (χ3n) is 5.22. The van der Waals surface area contributed by atoms with Gasteiger partial charge in [0.15, 0.2) is 15.0 Å². The number of fused-ring (bicyclic) bond motifs is 1. The van der Waals surface area contributed by atoms with Gasteiger partial charge in [0.2, 0.25) is 5.91 Å². The molecule has 2 heterocycles. The van der Waals surface area contributed by atoms with Crippen LogP contribution in [0.1, 0.15) is 11.3 Å². The normalized spacial score (nSPS) is 11.4. The van der Waals surface area contributed by atoms with Crippen LogP contribution in [0.3, 0.4) is 0 Å². The summed E-state index contributed by atoms with van der Waals surface area (Å²) in [6.45, 7) is 2.03. The highest BCUT2D eigenvalue weighted by Crippen LogP contribution is 2.37. The number of aromatic nitrogens is 2. The Bertz CT molecular complexity index is 1420. The summed E-state index contributed by atoms with van der Waals surface area (Å²) in [6.07, 6.45) is 1.62. The number of hydrogen-bond acceptors (Lipinski definition) is 8. The first kappa shape index (κ1) is 23.7. The van der Waals surface area contributed by atoms with Gasteiger partial charge in [-0.15, -0.1) is 0 Å². The van der Waals surface area contributed by atoms with Gasteiger partial charge in [0, 0.05) is 6.20 Å². The smallest absolute Gasteiger partial charge is 0.244 e. The summed E-state index contributed by atoms with van der Waals surface area (Å²) in [5.74, 6) is -0.199. The average molecular weight is 498 g/mol. The molecule has 0 unspecified atom stereocenters. The maximum atomic E-state index is 13.4. The van der Waals surface area contributed by atoms with E-state index in [9.17, 15) is 13.2 Å². The van der Waals surface area contributed by atoms with Crippen LogP contribution in [-0.4, -0.2) is 44.3 Å². The molecule has 0 atom stereocenters. The molecule has 0 aliphatic heterocycles. The maximum absolute atomic E-state index is 13.4. The lowest BCUT2D eigenvalue weighted by Gasteiger charge is -2.19. The predicted molar refractivity (Wildman–Crippen MR) is 131 cm³/mol. The van der Waals surface area contributed by atoms with E-state index in [0.29, 0.717) is 27.8 Å². The fraction of sp³-hybridized carbons (Fsp3) is 0.208. The molecule has 4 aromatic rings. The van der Waals surface area contributed by atoms with Crippen molar-refractivity contribution in [3.05, 3.63) is 72.1 Å². The Labute approximate surface area is 201 Å². The number of carbonyl (C=O) groups excluding carboxylic acids is 1. The van der Waals surface area contributed by atoms with E-state index in [1.54, 1.807) is 37.6 Å². The van der Waals surface area contributed by atoms with Crippen LogP contribution < -0.4 is 14.4 Å². The average Bonchev–Trinajstić information content (AvgIpc) is 3.29. The highest BCUT2D eigenvalue weighted by atomic mass is 32.2. The number of pyridine rings is 1. The Morgan fingerprint density at radius 3 is 2.44 bits per heavy atom. The summed E-state index contributed by atoms with van der Waals surface area (Å²) in [7, 11) is -0.842. The van der Waals surface area contributed by atoms with Gasteiger partial charge in [-0.05, 0) is 55.0 Å². The molecule has 8 nitrogen and oxygen atoms in total. The summed E-state index contributed by atoms with van der Waals surface area (Å²) in [6, 6.07) is 15.0. The SMILES string of the molecule is COc1ccc(S(=O)(=O)CC(=O)N(Cc2ccccn2)c2nc3c(OC)ccc(C)c3s2)cc1. The van der Waals surface area contributed by atoms with Crippen LogP contribution in [0.5, 0.6) is 11.5 Å². The molecule has 0 bridgehead atoms. The highest BCUT2D eigenvalue weighted by molar-refractivity contribution is 7.92.